The highest BCUT2D eigenvalue weighted by Gasteiger charge is 2.35. The Morgan fingerprint density at radius 1 is 1.12 bits per heavy atom. The van der Waals surface area contributed by atoms with Crippen LogP contribution in [0.1, 0.15) is 26.3 Å². The Balaban J connectivity index is 2.13. The molecule has 0 aliphatic carbocycles. The molecule has 2 aromatic rings. The second-order valence-corrected chi connectivity index (χ2v) is 9.87. The average molecular weight is 493 g/mol. The number of rotatable bonds is 8. The first kappa shape index (κ1) is 25.8. The lowest BCUT2D eigenvalue weighted by atomic mass is 10.1. The van der Waals surface area contributed by atoms with Gasteiger partial charge in [-0.3, -0.25) is 9.10 Å². The third kappa shape index (κ3) is 6.29. The van der Waals surface area contributed by atoms with Crippen LogP contribution in [0.15, 0.2) is 47.4 Å². The van der Waals surface area contributed by atoms with E-state index in [4.69, 9.17) is 16.3 Å². The first-order valence-electron chi connectivity index (χ1n) is 9.61. The number of sulfonamides is 1. The number of alkyl halides is 3. The van der Waals surface area contributed by atoms with Gasteiger partial charge in [-0.2, -0.15) is 13.2 Å². The van der Waals surface area contributed by atoms with E-state index in [9.17, 15) is 26.4 Å². The van der Waals surface area contributed by atoms with Crippen LogP contribution in [0.25, 0.3) is 0 Å². The average Bonchev–Trinajstić information content (AvgIpc) is 2.71. The monoisotopic (exact) mass is 492 g/mol. The lowest BCUT2D eigenvalue weighted by molar-refractivity contribution is -0.137. The topological polar surface area (TPSA) is 75.7 Å². The summed E-state index contributed by atoms with van der Waals surface area (Å²) < 4.78 is 71.1. The van der Waals surface area contributed by atoms with E-state index >= 15 is 0 Å². The molecule has 1 N–H and O–H groups in total. The number of nitrogens with zero attached hydrogens (tertiary/aromatic N) is 1. The zero-order valence-corrected chi connectivity index (χ0v) is 19.5. The van der Waals surface area contributed by atoms with Gasteiger partial charge in [-0.1, -0.05) is 25.4 Å². The van der Waals surface area contributed by atoms with E-state index in [1.807, 2.05) is 20.8 Å². The minimum atomic E-state index is -4.79. The van der Waals surface area contributed by atoms with Crippen LogP contribution in [0.2, 0.25) is 5.02 Å². The Bertz CT molecular complexity index is 1060. The van der Waals surface area contributed by atoms with Gasteiger partial charge in [0, 0.05) is 13.1 Å². The Morgan fingerprint density at radius 3 is 2.25 bits per heavy atom. The molecule has 0 aromatic heterocycles. The maximum Gasteiger partial charge on any atom is 0.417 e. The van der Waals surface area contributed by atoms with Gasteiger partial charge in [0.05, 0.1) is 21.2 Å². The van der Waals surface area contributed by atoms with Gasteiger partial charge in [-0.05, 0) is 55.3 Å². The fourth-order valence-electron chi connectivity index (χ4n) is 2.54. The van der Waals surface area contributed by atoms with Gasteiger partial charge in [-0.15, -0.1) is 0 Å². The molecule has 0 heterocycles. The molecule has 1 amide bonds. The third-order valence-electron chi connectivity index (χ3n) is 4.86. The minimum Gasteiger partial charge on any atom is -0.484 e. The summed E-state index contributed by atoms with van der Waals surface area (Å²) in [5.41, 5.74) is -1.04. The molecule has 1 atom stereocenters. The second kappa shape index (κ2) is 9.99. The maximum atomic E-state index is 13.1. The first-order chi connectivity index (χ1) is 14.7. The number of hydrogen-bond acceptors (Lipinski definition) is 4. The van der Waals surface area contributed by atoms with Gasteiger partial charge >= 0.3 is 6.18 Å². The number of hydrogen-bond donors (Lipinski definition) is 1. The summed E-state index contributed by atoms with van der Waals surface area (Å²) in [5, 5.41) is 2.20. The fraction of sp³-hybridized carbons (Fsp3) is 0.381. The van der Waals surface area contributed by atoms with Crippen molar-refractivity contribution in [3.05, 3.63) is 53.1 Å². The number of benzene rings is 2. The number of halogens is 4. The Hall–Kier alpha value is -2.46. The van der Waals surface area contributed by atoms with Crippen LogP contribution in [0, 0.1) is 5.92 Å². The first-order valence-corrected chi connectivity index (χ1v) is 11.4. The molecule has 176 valence electrons. The van der Waals surface area contributed by atoms with E-state index in [0.29, 0.717) is 11.8 Å². The largest absolute Gasteiger partial charge is 0.484 e. The number of carbonyl (C=O) groups is 1. The highest BCUT2D eigenvalue weighted by Crippen LogP contribution is 2.36. The summed E-state index contributed by atoms with van der Waals surface area (Å²) >= 11 is 5.57. The second-order valence-electron chi connectivity index (χ2n) is 7.49. The molecule has 0 aliphatic heterocycles. The molecule has 0 bridgehead atoms. The summed E-state index contributed by atoms with van der Waals surface area (Å²) in [6.07, 6.45) is -4.79. The normalized spacial score (nSPS) is 13.0. The van der Waals surface area contributed by atoms with E-state index in [2.05, 4.69) is 5.32 Å². The molecule has 11 heteroatoms. The summed E-state index contributed by atoms with van der Waals surface area (Å²) in [7, 11) is -3.07. The lowest BCUT2D eigenvalue weighted by Gasteiger charge is -2.21. The van der Waals surface area contributed by atoms with Crippen molar-refractivity contribution in [3.63, 3.8) is 0 Å². The van der Waals surface area contributed by atoms with Crippen LogP contribution in [-0.4, -0.2) is 34.0 Å². The molecule has 0 saturated heterocycles. The van der Waals surface area contributed by atoms with Crippen molar-refractivity contribution in [2.75, 3.05) is 18.0 Å². The van der Waals surface area contributed by atoms with Crippen molar-refractivity contribution in [2.45, 2.75) is 37.9 Å². The molecule has 0 saturated carbocycles. The Kier molecular flexibility index (Phi) is 8.06. The molecular weight excluding hydrogens is 469 g/mol. The van der Waals surface area contributed by atoms with Crippen molar-refractivity contribution in [2.24, 2.45) is 5.92 Å². The van der Waals surface area contributed by atoms with Crippen LogP contribution >= 0.6 is 11.6 Å². The van der Waals surface area contributed by atoms with Crippen molar-refractivity contribution in [3.8, 4) is 5.75 Å². The van der Waals surface area contributed by atoms with Crippen LogP contribution in [-0.2, 0) is 21.0 Å². The number of carbonyl (C=O) groups excluding carboxylic acids is 1. The van der Waals surface area contributed by atoms with E-state index in [0.717, 1.165) is 16.4 Å². The number of ether oxygens (including phenoxy) is 1. The highest BCUT2D eigenvalue weighted by atomic mass is 35.5. The molecule has 0 spiro atoms. The molecule has 0 aliphatic rings. The molecular formula is C21H24ClF3N2O4S. The lowest BCUT2D eigenvalue weighted by Crippen LogP contribution is -2.38. The third-order valence-corrected chi connectivity index (χ3v) is 6.97. The van der Waals surface area contributed by atoms with Crippen molar-refractivity contribution in [1.29, 1.82) is 0 Å². The van der Waals surface area contributed by atoms with Crippen molar-refractivity contribution < 1.29 is 31.1 Å². The molecule has 0 radical (unpaired) electrons. The van der Waals surface area contributed by atoms with Gasteiger partial charge in [-0.25, -0.2) is 8.42 Å². The molecule has 6 nitrogen and oxygen atoms in total. The predicted molar refractivity (Wildman–Crippen MR) is 116 cm³/mol. The number of nitrogens with one attached hydrogen (secondary N) is 1. The Morgan fingerprint density at radius 2 is 1.72 bits per heavy atom. The predicted octanol–water partition coefficient (Wildman–Crippen LogP) is 4.72. The van der Waals surface area contributed by atoms with E-state index in [1.165, 1.54) is 31.3 Å². The van der Waals surface area contributed by atoms with Gasteiger partial charge in [0.1, 0.15) is 5.75 Å². The highest BCUT2D eigenvalue weighted by molar-refractivity contribution is 7.92. The molecule has 0 fully saturated rings. The van der Waals surface area contributed by atoms with Gasteiger partial charge in [0.25, 0.3) is 15.9 Å². The summed E-state index contributed by atoms with van der Waals surface area (Å²) in [6, 6.07) is 8.16. The summed E-state index contributed by atoms with van der Waals surface area (Å²) in [4.78, 5) is 11.4. The quantitative estimate of drug-likeness (QED) is 0.578. The summed E-state index contributed by atoms with van der Waals surface area (Å²) in [5.74, 6) is 0.305. The Labute approximate surface area is 190 Å². The van der Waals surface area contributed by atoms with Gasteiger partial charge in [0.15, 0.2) is 6.61 Å². The van der Waals surface area contributed by atoms with E-state index < -0.39 is 31.7 Å². The van der Waals surface area contributed by atoms with Crippen LogP contribution in [0.5, 0.6) is 5.75 Å². The minimum absolute atomic E-state index is 0.0157. The van der Waals surface area contributed by atoms with Gasteiger partial charge in [0.2, 0.25) is 0 Å². The fourth-order valence-corrected chi connectivity index (χ4v) is 3.99. The van der Waals surface area contributed by atoms with Crippen LogP contribution < -0.4 is 14.4 Å². The van der Waals surface area contributed by atoms with Crippen molar-refractivity contribution in [1.82, 2.24) is 5.32 Å². The van der Waals surface area contributed by atoms with Crippen LogP contribution in [0.4, 0.5) is 18.9 Å². The van der Waals surface area contributed by atoms with Crippen molar-refractivity contribution >= 4 is 33.2 Å². The standard InChI is InChI=1S/C21H24ClF3N2O4S/c1-13(2)14(3)26-20(28)12-31-16-7-5-15(6-8-16)27(4)32(29,30)17-9-10-19(22)18(11-17)21(23,24)25/h5-11,13-14H,12H2,1-4H3,(H,26,28)/t14-/m1/s1. The zero-order chi connectivity index (χ0) is 24.3. The summed E-state index contributed by atoms with van der Waals surface area (Å²) in [6.45, 7) is 5.62. The van der Waals surface area contributed by atoms with E-state index in [1.54, 1.807) is 0 Å². The smallest absolute Gasteiger partial charge is 0.417 e. The SMILES string of the molecule is CC(C)[C@@H](C)NC(=O)COc1ccc(N(C)S(=O)(=O)c2ccc(Cl)c(C(F)(F)F)c2)cc1. The maximum absolute atomic E-state index is 13.1. The molecule has 2 rings (SSSR count). The number of anilines is 1. The molecule has 0 unspecified atom stereocenters. The van der Waals surface area contributed by atoms with Gasteiger partial charge < -0.3 is 10.1 Å². The molecule has 2 aromatic carbocycles. The van der Waals surface area contributed by atoms with Crippen LogP contribution in [0.3, 0.4) is 0 Å². The van der Waals surface area contributed by atoms with E-state index in [-0.39, 0.29) is 30.2 Å². The zero-order valence-electron chi connectivity index (χ0n) is 17.9. The molecule has 32 heavy (non-hydrogen) atoms. The number of amides is 1.